The molecule has 0 spiro atoms. The average Bonchev–Trinajstić information content (AvgIpc) is 3.19. The third-order valence-electron chi connectivity index (χ3n) is 4.08. The molecule has 0 fully saturated rings. The van der Waals surface area contributed by atoms with Gasteiger partial charge in [-0.1, -0.05) is 48.0 Å². The molecule has 132 valence electrons. The molecule has 1 N–H and O–H groups in total. The molecular weight excluding hydrogens is 360 g/mol. The van der Waals surface area contributed by atoms with E-state index in [0.717, 1.165) is 11.1 Å². The maximum Gasteiger partial charge on any atom is 0.255 e. The van der Waals surface area contributed by atoms with Crippen molar-refractivity contribution < 1.29 is 9.21 Å². The first kappa shape index (κ1) is 17.1. The Hall–Kier alpha value is -3.37. The number of amides is 1. The SMILES string of the molecule is O=C(Nc1ccc(-c2nc(-c3ccccc3Cl)co2)cc1)c1ccccc1. The zero-order valence-corrected chi connectivity index (χ0v) is 15.0. The van der Waals surface area contributed by atoms with Gasteiger partial charge in [-0.25, -0.2) is 4.98 Å². The van der Waals surface area contributed by atoms with Crippen molar-refractivity contribution in [2.45, 2.75) is 0 Å². The lowest BCUT2D eigenvalue weighted by Crippen LogP contribution is -2.11. The van der Waals surface area contributed by atoms with Gasteiger partial charge >= 0.3 is 0 Å². The number of hydrogen-bond donors (Lipinski definition) is 1. The zero-order chi connectivity index (χ0) is 18.6. The Balaban J connectivity index is 1.51. The van der Waals surface area contributed by atoms with E-state index >= 15 is 0 Å². The van der Waals surface area contributed by atoms with Gasteiger partial charge in [0.1, 0.15) is 12.0 Å². The molecule has 0 aliphatic carbocycles. The Morgan fingerprint density at radius 1 is 0.889 bits per heavy atom. The molecule has 4 aromatic rings. The molecule has 5 heteroatoms. The third-order valence-corrected chi connectivity index (χ3v) is 4.41. The number of benzene rings is 3. The minimum atomic E-state index is -0.152. The van der Waals surface area contributed by atoms with Crippen LogP contribution in [-0.2, 0) is 0 Å². The molecule has 27 heavy (non-hydrogen) atoms. The lowest BCUT2D eigenvalue weighted by Gasteiger charge is -2.05. The fraction of sp³-hybridized carbons (Fsp3) is 0. The van der Waals surface area contributed by atoms with Gasteiger partial charge in [-0.15, -0.1) is 0 Å². The van der Waals surface area contributed by atoms with Gasteiger partial charge in [-0.2, -0.15) is 0 Å². The highest BCUT2D eigenvalue weighted by atomic mass is 35.5. The van der Waals surface area contributed by atoms with Gasteiger partial charge in [0.05, 0.1) is 5.02 Å². The second kappa shape index (κ2) is 7.48. The van der Waals surface area contributed by atoms with Crippen LogP contribution in [0.15, 0.2) is 89.5 Å². The molecule has 1 aromatic heterocycles. The number of aromatic nitrogens is 1. The van der Waals surface area contributed by atoms with E-state index in [1.54, 1.807) is 18.4 Å². The molecule has 0 bridgehead atoms. The van der Waals surface area contributed by atoms with Crippen molar-refractivity contribution in [1.82, 2.24) is 4.98 Å². The van der Waals surface area contributed by atoms with E-state index in [4.69, 9.17) is 16.0 Å². The molecule has 3 aromatic carbocycles. The van der Waals surface area contributed by atoms with Gasteiger partial charge in [0.25, 0.3) is 5.91 Å². The molecule has 0 saturated carbocycles. The summed E-state index contributed by atoms with van der Waals surface area (Å²) in [6.07, 6.45) is 1.58. The highest BCUT2D eigenvalue weighted by Crippen LogP contribution is 2.29. The van der Waals surface area contributed by atoms with Crippen molar-refractivity contribution in [3.05, 3.63) is 95.7 Å². The van der Waals surface area contributed by atoms with Crippen LogP contribution in [-0.4, -0.2) is 10.9 Å². The first-order valence-corrected chi connectivity index (χ1v) is 8.76. The summed E-state index contributed by atoms with van der Waals surface area (Å²) in [5.74, 6) is 0.339. The number of rotatable bonds is 4. The molecule has 1 amide bonds. The van der Waals surface area contributed by atoms with Gasteiger partial charge < -0.3 is 9.73 Å². The quantitative estimate of drug-likeness (QED) is 0.482. The topological polar surface area (TPSA) is 55.1 Å². The Labute approximate surface area is 161 Å². The number of halogens is 1. The smallest absolute Gasteiger partial charge is 0.255 e. The normalized spacial score (nSPS) is 10.6. The number of anilines is 1. The minimum absolute atomic E-state index is 0.152. The molecule has 0 aliphatic heterocycles. The van der Waals surface area contributed by atoms with Crippen molar-refractivity contribution in [2.24, 2.45) is 0 Å². The van der Waals surface area contributed by atoms with Crippen LogP contribution in [0.25, 0.3) is 22.7 Å². The van der Waals surface area contributed by atoms with Gasteiger partial charge in [-0.3, -0.25) is 4.79 Å². The van der Waals surface area contributed by atoms with E-state index in [1.807, 2.05) is 66.7 Å². The molecule has 0 aliphatic rings. The summed E-state index contributed by atoms with van der Waals surface area (Å²) in [4.78, 5) is 16.7. The fourth-order valence-electron chi connectivity index (χ4n) is 2.69. The molecule has 1 heterocycles. The van der Waals surface area contributed by atoms with E-state index in [-0.39, 0.29) is 5.91 Å². The van der Waals surface area contributed by atoms with Crippen LogP contribution >= 0.6 is 11.6 Å². The van der Waals surface area contributed by atoms with Crippen molar-refractivity contribution in [2.75, 3.05) is 5.32 Å². The van der Waals surface area contributed by atoms with Crippen LogP contribution in [0.1, 0.15) is 10.4 Å². The second-order valence-electron chi connectivity index (χ2n) is 5.92. The van der Waals surface area contributed by atoms with Gasteiger partial charge in [0, 0.05) is 22.4 Å². The lowest BCUT2D eigenvalue weighted by atomic mass is 10.1. The maximum absolute atomic E-state index is 12.2. The summed E-state index contributed by atoms with van der Waals surface area (Å²) in [5.41, 5.74) is 3.62. The van der Waals surface area contributed by atoms with Crippen LogP contribution < -0.4 is 5.32 Å². The number of carbonyl (C=O) groups excluding carboxylic acids is 1. The highest BCUT2D eigenvalue weighted by molar-refractivity contribution is 6.33. The van der Waals surface area contributed by atoms with Gasteiger partial charge in [-0.05, 0) is 42.5 Å². The number of hydrogen-bond acceptors (Lipinski definition) is 3. The van der Waals surface area contributed by atoms with E-state index in [1.165, 1.54) is 0 Å². The Morgan fingerprint density at radius 2 is 1.59 bits per heavy atom. The molecule has 4 rings (SSSR count). The summed E-state index contributed by atoms with van der Waals surface area (Å²) >= 11 is 6.21. The molecular formula is C22H15ClN2O2. The van der Waals surface area contributed by atoms with E-state index in [0.29, 0.717) is 27.9 Å². The van der Waals surface area contributed by atoms with Crippen LogP contribution in [0.3, 0.4) is 0 Å². The number of carbonyl (C=O) groups is 1. The molecule has 0 unspecified atom stereocenters. The fourth-order valence-corrected chi connectivity index (χ4v) is 2.92. The first-order valence-electron chi connectivity index (χ1n) is 8.38. The average molecular weight is 375 g/mol. The molecule has 0 atom stereocenters. The number of nitrogens with zero attached hydrogens (tertiary/aromatic N) is 1. The number of oxazole rings is 1. The van der Waals surface area contributed by atoms with E-state index < -0.39 is 0 Å². The van der Waals surface area contributed by atoms with Crippen molar-refractivity contribution in [3.63, 3.8) is 0 Å². The van der Waals surface area contributed by atoms with Crippen molar-refractivity contribution in [1.29, 1.82) is 0 Å². The Bertz CT molecular complexity index is 1070. The van der Waals surface area contributed by atoms with Crippen molar-refractivity contribution >= 4 is 23.2 Å². The van der Waals surface area contributed by atoms with E-state index in [2.05, 4.69) is 10.3 Å². The summed E-state index contributed by atoms with van der Waals surface area (Å²) in [5, 5.41) is 3.49. The van der Waals surface area contributed by atoms with Crippen molar-refractivity contribution in [3.8, 4) is 22.7 Å². The van der Waals surface area contributed by atoms with E-state index in [9.17, 15) is 4.79 Å². The van der Waals surface area contributed by atoms with Gasteiger partial charge in [0.2, 0.25) is 5.89 Å². The summed E-state index contributed by atoms with van der Waals surface area (Å²) in [6.45, 7) is 0. The summed E-state index contributed by atoms with van der Waals surface area (Å²) in [7, 11) is 0. The Kier molecular flexibility index (Phi) is 4.73. The summed E-state index contributed by atoms with van der Waals surface area (Å²) < 4.78 is 5.59. The van der Waals surface area contributed by atoms with Crippen LogP contribution in [0, 0.1) is 0 Å². The second-order valence-corrected chi connectivity index (χ2v) is 6.32. The lowest BCUT2D eigenvalue weighted by molar-refractivity contribution is 0.102. The predicted molar refractivity (Wildman–Crippen MR) is 107 cm³/mol. The molecule has 0 radical (unpaired) electrons. The Morgan fingerprint density at radius 3 is 2.33 bits per heavy atom. The van der Waals surface area contributed by atoms with Crippen LogP contribution in [0.4, 0.5) is 5.69 Å². The van der Waals surface area contributed by atoms with Crippen LogP contribution in [0.2, 0.25) is 5.02 Å². The molecule has 4 nitrogen and oxygen atoms in total. The standard InChI is InChI=1S/C22H15ClN2O2/c23-19-9-5-4-8-18(19)20-14-27-22(25-20)16-10-12-17(13-11-16)24-21(26)15-6-2-1-3-7-15/h1-14H,(H,24,26). The van der Waals surface area contributed by atoms with Crippen LogP contribution in [0.5, 0.6) is 0 Å². The largest absolute Gasteiger partial charge is 0.444 e. The number of nitrogens with one attached hydrogen (secondary N) is 1. The van der Waals surface area contributed by atoms with Gasteiger partial charge in [0.15, 0.2) is 0 Å². The first-order chi connectivity index (χ1) is 13.2. The highest BCUT2D eigenvalue weighted by Gasteiger charge is 2.11. The molecule has 0 saturated heterocycles. The zero-order valence-electron chi connectivity index (χ0n) is 14.2. The predicted octanol–water partition coefficient (Wildman–Crippen LogP) is 5.91. The monoisotopic (exact) mass is 374 g/mol. The maximum atomic E-state index is 12.2. The third kappa shape index (κ3) is 3.76. The minimum Gasteiger partial charge on any atom is -0.444 e. The summed E-state index contributed by atoms with van der Waals surface area (Å²) in [6, 6.07) is 23.9.